The highest BCUT2D eigenvalue weighted by Crippen LogP contribution is 2.27. The Labute approximate surface area is 142 Å². The Balaban J connectivity index is 2.30. The maximum Gasteiger partial charge on any atom is 0.295 e. The molecule has 132 valence electrons. The first-order valence-corrected chi connectivity index (χ1v) is 8.24. The number of phenolic OH excluding ortho intramolecular Hbond substituents is 1. The lowest BCUT2D eigenvalue weighted by atomic mass is 10.2. The fourth-order valence-corrected chi connectivity index (χ4v) is 2.40. The maximum atomic E-state index is 11.3. The van der Waals surface area contributed by atoms with E-state index < -0.39 is 20.6 Å². The van der Waals surface area contributed by atoms with Crippen molar-refractivity contribution in [1.29, 1.82) is 0 Å². The van der Waals surface area contributed by atoms with Gasteiger partial charge in [0.15, 0.2) is 0 Å². The molecule has 0 aliphatic heterocycles. The average Bonchev–Trinajstić information content (AvgIpc) is 2.55. The van der Waals surface area contributed by atoms with Crippen molar-refractivity contribution in [3.8, 4) is 11.5 Å². The van der Waals surface area contributed by atoms with Gasteiger partial charge in [0.2, 0.25) is 10.0 Å². The van der Waals surface area contributed by atoms with Crippen molar-refractivity contribution in [3.05, 3.63) is 52.1 Å². The van der Waals surface area contributed by atoms with E-state index in [9.17, 15) is 23.6 Å². The van der Waals surface area contributed by atoms with Gasteiger partial charge in [0.25, 0.3) is 5.69 Å². The number of nitrogens with one attached hydrogen (secondary N) is 1. The zero-order chi connectivity index (χ0) is 18.6. The van der Waals surface area contributed by atoms with Crippen molar-refractivity contribution >= 4 is 27.6 Å². The lowest BCUT2D eigenvalue weighted by Gasteiger charge is -2.05. The van der Waals surface area contributed by atoms with Gasteiger partial charge in [-0.2, -0.15) is 5.10 Å². The van der Waals surface area contributed by atoms with Crippen LogP contribution in [0.25, 0.3) is 0 Å². The quantitative estimate of drug-likeness (QED) is 0.396. The summed E-state index contributed by atoms with van der Waals surface area (Å²) < 4.78 is 27.6. The molecule has 0 spiro atoms. The largest absolute Gasteiger partial charge is 0.507 e. The number of ether oxygens (including phenoxy) is 1. The van der Waals surface area contributed by atoms with Gasteiger partial charge < -0.3 is 9.84 Å². The average molecular weight is 366 g/mol. The van der Waals surface area contributed by atoms with Gasteiger partial charge in [-0.1, -0.05) is 0 Å². The lowest BCUT2D eigenvalue weighted by molar-refractivity contribution is -0.384. The smallest absolute Gasteiger partial charge is 0.295 e. The highest BCUT2D eigenvalue weighted by Gasteiger charge is 2.18. The number of nitro groups is 1. The molecule has 2 aromatic carbocycles. The van der Waals surface area contributed by atoms with E-state index in [1.165, 1.54) is 31.5 Å². The second-order valence-corrected chi connectivity index (χ2v) is 6.34. The molecular weight excluding hydrogens is 352 g/mol. The Morgan fingerprint density at radius 2 is 2.04 bits per heavy atom. The van der Waals surface area contributed by atoms with Crippen molar-refractivity contribution in [3.63, 3.8) is 0 Å². The summed E-state index contributed by atoms with van der Waals surface area (Å²) in [6.07, 6.45) is 1.23. The first kappa shape index (κ1) is 18.2. The second-order valence-electron chi connectivity index (χ2n) is 4.78. The zero-order valence-electron chi connectivity index (χ0n) is 12.9. The van der Waals surface area contributed by atoms with E-state index in [1.807, 2.05) is 0 Å². The molecule has 4 N–H and O–H groups in total. The van der Waals surface area contributed by atoms with Crippen LogP contribution in [0.1, 0.15) is 5.56 Å². The minimum atomic E-state index is -4.07. The van der Waals surface area contributed by atoms with E-state index in [0.717, 1.165) is 12.1 Å². The Kier molecular flexibility index (Phi) is 5.20. The van der Waals surface area contributed by atoms with Gasteiger partial charge in [-0.3, -0.25) is 15.5 Å². The number of hydrogen-bond donors (Lipinski definition) is 3. The molecule has 0 radical (unpaired) electrons. The summed E-state index contributed by atoms with van der Waals surface area (Å²) >= 11 is 0. The molecule has 0 fully saturated rings. The second kappa shape index (κ2) is 7.15. The number of phenols is 1. The van der Waals surface area contributed by atoms with E-state index in [-0.39, 0.29) is 16.3 Å². The van der Waals surface area contributed by atoms with Gasteiger partial charge in [0, 0.05) is 11.6 Å². The number of rotatable bonds is 6. The first-order chi connectivity index (χ1) is 11.7. The van der Waals surface area contributed by atoms with Crippen LogP contribution in [-0.4, -0.2) is 31.8 Å². The summed E-state index contributed by atoms with van der Waals surface area (Å²) in [7, 11) is -2.61. The number of hydrazone groups is 1. The normalized spacial score (nSPS) is 11.4. The molecular formula is C14H14N4O6S. The number of aromatic hydroxyl groups is 1. The van der Waals surface area contributed by atoms with Gasteiger partial charge in [-0.05, 0) is 30.3 Å². The number of nitrogens with two attached hydrogens (primary N) is 1. The van der Waals surface area contributed by atoms with Crippen molar-refractivity contribution in [2.24, 2.45) is 10.2 Å². The summed E-state index contributed by atoms with van der Waals surface area (Å²) in [6, 6.07) is 7.58. The van der Waals surface area contributed by atoms with Crippen molar-refractivity contribution in [1.82, 2.24) is 0 Å². The van der Waals surface area contributed by atoms with E-state index in [2.05, 4.69) is 10.5 Å². The molecule has 25 heavy (non-hydrogen) atoms. The number of nitro benzene ring substituents is 1. The number of benzene rings is 2. The van der Waals surface area contributed by atoms with Crippen LogP contribution in [-0.2, 0) is 10.0 Å². The van der Waals surface area contributed by atoms with Gasteiger partial charge in [0.05, 0.1) is 23.1 Å². The monoisotopic (exact) mass is 366 g/mol. The maximum absolute atomic E-state index is 11.3. The van der Waals surface area contributed by atoms with E-state index in [0.29, 0.717) is 11.3 Å². The van der Waals surface area contributed by atoms with Crippen LogP contribution in [0.3, 0.4) is 0 Å². The Bertz CT molecular complexity index is 942. The van der Waals surface area contributed by atoms with Crippen LogP contribution in [0.15, 0.2) is 46.4 Å². The molecule has 0 saturated carbocycles. The highest BCUT2D eigenvalue weighted by molar-refractivity contribution is 7.89. The van der Waals surface area contributed by atoms with E-state index in [4.69, 9.17) is 9.88 Å². The predicted octanol–water partition coefficient (Wildman–Crippen LogP) is 1.40. The van der Waals surface area contributed by atoms with Crippen LogP contribution in [0.5, 0.6) is 11.5 Å². The molecule has 0 atom stereocenters. The number of anilines is 1. The first-order valence-electron chi connectivity index (χ1n) is 6.69. The summed E-state index contributed by atoms with van der Waals surface area (Å²) in [6.45, 7) is 0. The third-order valence-corrected chi connectivity index (χ3v) is 4.03. The van der Waals surface area contributed by atoms with Crippen LogP contribution >= 0.6 is 0 Å². The summed E-state index contributed by atoms with van der Waals surface area (Å²) in [5.74, 6) is 0.424. The molecule has 0 aromatic heterocycles. The topological polar surface area (TPSA) is 157 Å². The van der Waals surface area contributed by atoms with Gasteiger partial charge >= 0.3 is 0 Å². The number of hydrogen-bond acceptors (Lipinski definition) is 8. The molecule has 0 saturated heterocycles. The Morgan fingerprint density at radius 1 is 1.32 bits per heavy atom. The van der Waals surface area contributed by atoms with E-state index in [1.54, 1.807) is 6.07 Å². The fraction of sp³-hybridized carbons (Fsp3) is 0.0714. The minimum Gasteiger partial charge on any atom is -0.507 e. The standard InChI is InChI=1S/C14H14N4O6S/c1-24-10-2-5-14(19)9(6-10)8-16-17-12-4-3-11(25(15,22)23)7-13(12)18(20)21/h2-8,17,19H,1H3,(H2,15,22,23)/b16-8+. The molecule has 0 aliphatic rings. The van der Waals surface area contributed by atoms with E-state index >= 15 is 0 Å². The summed E-state index contributed by atoms with van der Waals surface area (Å²) in [5.41, 5.74) is 2.18. The molecule has 0 bridgehead atoms. The molecule has 0 amide bonds. The lowest BCUT2D eigenvalue weighted by Crippen LogP contribution is -2.12. The Morgan fingerprint density at radius 3 is 2.64 bits per heavy atom. The molecule has 2 aromatic rings. The number of primary sulfonamides is 1. The van der Waals surface area contributed by atoms with Crippen LogP contribution in [0, 0.1) is 10.1 Å². The number of sulfonamides is 1. The van der Waals surface area contributed by atoms with Crippen LogP contribution in [0.4, 0.5) is 11.4 Å². The van der Waals surface area contributed by atoms with Crippen LogP contribution < -0.4 is 15.3 Å². The van der Waals surface area contributed by atoms with Gasteiger partial charge in [-0.15, -0.1) is 0 Å². The molecule has 0 aliphatic carbocycles. The molecule has 11 heteroatoms. The van der Waals surface area contributed by atoms with Gasteiger partial charge in [0.1, 0.15) is 17.2 Å². The third kappa shape index (κ3) is 4.43. The van der Waals surface area contributed by atoms with Crippen molar-refractivity contribution in [2.45, 2.75) is 4.90 Å². The van der Waals surface area contributed by atoms with Gasteiger partial charge in [-0.25, -0.2) is 13.6 Å². The Hall–Kier alpha value is -3.18. The number of methoxy groups -OCH3 is 1. The molecule has 10 nitrogen and oxygen atoms in total. The van der Waals surface area contributed by atoms with Crippen molar-refractivity contribution < 1.29 is 23.2 Å². The highest BCUT2D eigenvalue weighted by atomic mass is 32.2. The summed E-state index contributed by atoms with van der Waals surface area (Å²) in [5, 5.41) is 29.6. The molecule has 0 heterocycles. The third-order valence-electron chi connectivity index (χ3n) is 3.12. The molecule has 2 rings (SSSR count). The minimum absolute atomic E-state index is 0.0453. The van der Waals surface area contributed by atoms with Crippen molar-refractivity contribution in [2.75, 3.05) is 12.5 Å². The number of nitrogens with zero attached hydrogens (tertiary/aromatic N) is 2. The fourth-order valence-electron chi connectivity index (χ4n) is 1.87. The molecule has 0 unspecified atom stereocenters. The SMILES string of the molecule is COc1ccc(O)c(/C=N/Nc2ccc(S(N)(=O)=O)cc2[N+](=O)[O-])c1. The zero-order valence-corrected chi connectivity index (χ0v) is 13.7. The van der Waals surface area contributed by atoms with Crippen LogP contribution in [0.2, 0.25) is 0 Å². The summed E-state index contributed by atoms with van der Waals surface area (Å²) in [4.78, 5) is 9.94. The predicted molar refractivity (Wildman–Crippen MR) is 90.3 cm³/mol.